The largest absolute Gasteiger partial charge is 0.493 e. The maximum Gasteiger partial charge on any atom is 0.387 e. The van der Waals surface area contributed by atoms with E-state index in [1.807, 2.05) is 13.8 Å². The first-order chi connectivity index (χ1) is 13.0. The van der Waals surface area contributed by atoms with Crippen molar-refractivity contribution in [2.24, 2.45) is 4.99 Å². The van der Waals surface area contributed by atoms with E-state index < -0.39 is 6.61 Å². The number of nitrogens with zero attached hydrogens (tertiary/aromatic N) is 1. The van der Waals surface area contributed by atoms with Gasteiger partial charge in [0.05, 0.1) is 13.7 Å². The van der Waals surface area contributed by atoms with Gasteiger partial charge in [-0.05, 0) is 37.1 Å². The van der Waals surface area contributed by atoms with E-state index in [1.165, 1.54) is 18.7 Å². The number of hydrogen-bond acceptors (Lipinski definition) is 3. The molecule has 0 bridgehead atoms. The highest BCUT2D eigenvalue weighted by Crippen LogP contribution is 2.29. The second kappa shape index (κ2) is 10.4. The normalized spacial score (nSPS) is 11.4. The zero-order chi connectivity index (χ0) is 19.6. The summed E-state index contributed by atoms with van der Waals surface area (Å²) < 4.78 is 34.6. The Hall–Kier alpha value is -2.83. The molecule has 0 radical (unpaired) electrons. The van der Waals surface area contributed by atoms with E-state index in [-0.39, 0.29) is 11.5 Å². The monoisotopic (exact) mass is 377 g/mol. The van der Waals surface area contributed by atoms with Crippen LogP contribution in [-0.4, -0.2) is 26.2 Å². The molecule has 2 rings (SSSR count). The predicted octanol–water partition coefficient (Wildman–Crippen LogP) is 3.86. The van der Waals surface area contributed by atoms with E-state index in [9.17, 15) is 8.78 Å². The zero-order valence-electron chi connectivity index (χ0n) is 15.8. The Kier molecular flexibility index (Phi) is 7.85. The summed E-state index contributed by atoms with van der Waals surface area (Å²) in [6.45, 7) is 2.77. The van der Waals surface area contributed by atoms with E-state index in [1.54, 1.807) is 12.1 Å². The third-order valence-electron chi connectivity index (χ3n) is 3.79. The fraction of sp³-hybridized carbons (Fsp3) is 0.350. The molecule has 0 spiro atoms. The molecule has 0 aliphatic carbocycles. The molecular formula is C20H25F2N3O2. The van der Waals surface area contributed by atoms with Crippen LogP contribution in [0.25, 0.3) is 0 Å². The van der Waals surface area contributed by atoms with Crippen LogP contribution in [0.3, 0.4) is 0 Å². The van der Waals surface area contributed by atoms with Gasteiger partial charge in [-0.15, -0.1) is 0 Å². The van der Waals surface area contributed by atoms with Gasteiger partial charge in [0.2, 0.25) is 0 Å². The number of halogens is 2. The van der Waals surface area contributed by atoms with Crippen LogP contribution in [0.5, 0.6) is 11.5 Å². The molecule has 27 heavy (non-hydrogen) atoms. The van der Waals surface area contributed by atoms with Gasteiger partial charge in [-0.2, -0.15) is 8.78 Å². The van der Waals surface area contributed by atoms with Crippen molar-refractivity contribution in [2.75, 3.05) is 13.7 Å². The summed E-state index contributed by atoms with van der Waals surface area (Å²) >= 11 is 0. The summed E-state index contributed by atoms with van der Waals surface area (Å²) in [5.41, 5.74) is 3.09. The molecule has 7 heteroatoms. The highest BCUT2D eigenvalue weighted by Gasteiger charge is 2.11. The van der Waals surface area contributed by atoms with Gasteiger partial charge in [0, 0.05) is 13.1 Å². The number of nitrogens with one attached hydrogen (secondary N) is 2. The van der Waals surface area contributed by atoms with Gasteiger partial charge in [-0.25, -0.2) is 4.99 Å². The van der Waals surface area contributed by atoms with E-state index in [2.05, 4.69) is 44.6 Å². The maximum absolute atomic E-state index is 12.5. The van der Waals surface area contributed by atoms with Crippen molar-refractivity contribution in [3.8, 4) is 11.5 Å². The summed E-state index contributed by atoms with van der Waals surface area (Å²) in [6.07, 6.45) is 0. The molecule has 0 saturated carbocycles. The van der Waals surface area contributed by atoms with Crippen molar-refractivity contribution in [3.05, 3.63) is 59.2 Å². The topological polar surface area (TPSA) is 54.9 Å². The SMILES string of the molecule is CCNC(=NCc1ccc(OC)c(OC(F)F)c1)NCc1ccc(C)cc1. The van der Waals surface area contributed by atoms with E-state index >= 15 is 0 Å². The lowest BCUT2D eigenvalue weighted by atomic mass is 10.1. The maximum atomic E-state index is 12.5. The van der Waals surface area contributed by atoms with Crippen molar-refractivity contribution in [1.29, 1.82) is 0 Å². The van der Waals surface area contributed by atoms with Gasteiger partial charge in [0.15, 0.2) is 17.5 Å². The van der Waals surface area contributed by atoms with Crippen LogP contribution < -0.4 is 20.1 Å². The van der Waals surface area contributed by atoms with Gasteiger partial charge in [0.1, 0.15) is 0 Å². The number of benzene rings is 2. The number of aryl methyl sites for hydroxylation is 1. The summed E-state index contributed by atoms with van der Waals surface area (Å²) in [5.74, 6) is 0.899. The average Bonchev–Trinajstić information content (AvgIpc) is 2.65. The highest BCUT2D eigenvalue weighted by molar-refractivity contribution is 5.79. The van der Waals surface area contributed by atoms with E-state index in [0.717, 1.165) is 11.1 Å². The number of alkyl halides is 2. The quantitative estimate of drug-likeness (QED) is 0.542. The third-order valence-corrected chi connectivity index (χ3v) is 3.79. The molecule has 0 saturated heterocycles. The first kappa shape index (κ1) is 20.5. The smallest absolute Gasteiger partial charge is 0.387 e. The summed E-state index contributed by atoms with van der Waals surface area (Å²) in [4.78, 5) is 4.50. The lowest BCUT2D eigenvalue weighted by Gasteiger charge is -2.13. The van der Waals surface area contributed by atoms with Crippen LogP contribution in [0.1, 0.15) is 23.6 Å². The second-order valence-electron chi connectivity index (χ2n) is 5.90. The lowest BCUT2D eigenvalue weighted by Crippen LogP contribution is -2.36. The van der Waals surface area contributed by atoms with E-state index in [0.29, 0.717) is 25.6 Å². The standard InChI is InChI=1S/C20H25F2N3O2/c1-4-23-20(24-12-15-7-5-14(2)6-8-15)25-13-16-9-10-17(26-3)18(11-16)27-19(21)22/h5-11,19H,4,12-13H2,1-3H3,(H2,23,24,25). The third kappa shape index (κ3) is 6.77. The van der Waals surface area contributed by atoms with Crippen molar-refractivity contribution < 1.29 is 18.3 Å². The molecule has 0 aliphatic heterocycles. The summed E-state index contributed by atoms with van der Waals surface area (Å²) in [6, 6.07) is 13.1. The molecule has 2 N–H and O–H groups in total. The Bertz CT molecular complexity index is 749. The molecule has 0 fully saturated rings. The van der Waals surface area contributed by atoms with E-state index in [4.69, 9.17) is 4.74 Å². The van der Waals surface area contributed by atoms with Crippen LogP contribution in [0, 0.1) is 6.92 Å². The van der Waals surface area contributed by atoms with Crippen LogP contribution in [-0.2, 0) is 13.1 Å². The fourth-order valence-corrected chi connectivity index (χ4v) is 2.41. The first-order valence-electron chi connectivity index (χ1n) is 8.71. The number of hydrogen-bond donors (Lipinski definition) is 2. The molecule has 2 aromatic carbocycles. The number of rotatable bonds is 8. The predicted molar refractivity (Wildman–Crippen MR) is 102 cm³/mol. The Morgan fingerprint density at radius 2 is 1.74 bits per heavy atom. The Morgan fingerprint density at radius 1 is 1.04 bits per heavy atom. The Balaban J connectivity index is 2.05. The molecule has 0 atom stereocenters. The van der Waals surface area contributed by atoms with Crippen molar-refractivity contribution in [2.45, 2.75) is 33.5 Å². The Morgan fingerprint density at radius 3 is 2.37 bits per heavy atom. The summed E-state index contributed by atoms with van der Waals surface area (Å²) in [7, 11) is 1.41. The lowest BCUT2D eigenvalue weighted by molar-refractivity contribution is -0.0512. The molecule has 146 valence electrons. The van der Waals surface area contributed by atoms with Gasteiger partial charge >= 0.3 is 6.61 Å². The van der Waals surface area contributed by atoms with Crippen LogP contribution >= 0.6 is 0 Å². The van der Waals surface area contributed by atoms with Crippen molar-refractivity contribution in [1.82, 2.24) is 10.6 Å². The van der Waals surface area contributed by atoms with Gasteiger partial charge in [0.25, 0.3) is 0 Å². The molecule has 0 aliphatic rings. The van der Waals surface area contributed by atoms with Gasteiger partial charge in [-0.3, -0.25) is 0 Å². The van der Waals surface area contributed by atoms with Crippen molar-refractivity contribution >= 4 is 5.96 Å². The average molecular weight is 377 g/mol. The molecule has 0 unspecified atom stereocenters. The minimum atomic E-state index is -2.91. The molecule has 5 nitrogen and oxygen atoms in total. The second-order valence-corrected chi connectivity index (χ2v) is 5.90. The molecular weight excluding hydrogens is 352 g/mol. The molecule has 0 heterocycles. The Labute approximate surface area is 158 Å². The number of ether oxygens (including phenoxy) is 2. The van der Waals surface area contributed by atoms with Crippen LogP contribution in [0.2, 0.25) is 0 Å². The number of methoxy groups -OCH3 is 1. The minimum Gasteiger partial charge on any atom is -0.493 e. The minimum absolute atomic E-state index is 0.00202. The zero-order valence-corrected chi connectivity index (χ0v) is 15.8. The fourth-order valence-electron chi connectivity index (χ4n) is 2.41. The first-order valence-corrected chi connectivity index (χ1v) is 8.71. The number of guanidine groups is 1. The van der Waals surface area contributed by atoms with Gasteiger partial charge in [-0.1, -0.05) is 35.9 Å². The molecule has 0 amide bonds. The summed E-state index contributed by atoms with van der Waals surface area (Å²) in [5, 5.41) is 6.43. The number of aliphatic imine (C=N–C) groups is 1. The van der Waals surface area contributed by atoms with Crippen LogP contribution in [0.4, 0.5) is 8.78 Å². The van der Waals surface area contributed by atoms with Gasteiger partial charge < -0.3 is 20.1 Å². The molecule has 2 aromatic rings. The van der Waals surface area contributed by atoms with Crippen LogP contribution in [0.15, 0.2) is 47.5 Å². The highest BCUT2D eigenvalue weighted by atomic mass is 19.3. The molecule has 0 aromatic heterocycles. The van der Waals surface area contributed by atoms with Crippen molar-refractivity contribution in [3.63, 3.8) is 0 Å².